The number of carboxylic acids is 1. The molecule has 1 aromatic carbocycles. The molecule has 0 fully saturated rings. The van der Waals surface area contributed by atoms with Crippen molar-refractivity contribution in [3.63, 3.8) is 0 Å². The van der Waals surface area contributed by atoms with Gasteiger partial charge in [-0.3, -0.25) is 9.52 Å². The smallest absolute Gasteiger partial charge is 0.322 e. The van der Waals surface area contributed by atoms with E-state index >= 15 is 0 Å². The third kappa shape index (κ3) is 3.97. The van der Waals surface area contributed by atoms with Crippen LogP contribution in [0.3, 0.4) is 0 Å². The maximum atomic E-state index is 13.6. The first kappa shape index (κ1) is 19.8. The third-order valence-electron chi connectivity index (χ3n) is 3.44. The van der Waals surface area contributed by atoms with Gasteiger partial charge in [0.1, 0.15) is 0 Å². The topological polar surface area (TPSA) is 136 Å². The van der Waals surface area contributed by atoms with Crippen molar-refractivity contribution < 1.29 is 27.4 Å². The van der Waals surface area contributed by atoms with E-state index < -0.39 is 33.5 Å². The highest BCUT2D eigenvalue weighted by Crippen LogP contribution is 2.28. The number of hydrogen-bond donors (Lipinski definition) is 2. The number of halogens is 2. The molecule has 0 amide bonds. The Morgan fingerprint density at radius 3 is 2.82 bits per heavy atom. The Balaban J connectivity index is 2.05. The molecule has 0 aliphatic rings. The SMILES string of the molecule is CCOc1nc(F)cc2nc(S(=O)(=O)Nc3c(Cl)cccc3CC(=O)O)nn12. The van der Waals surface area contributed by atoms with E-state index in [4.69, 9.17) is 21.4 Å². The molecule has 0 radical (unpaired) electrons. The molecule has 0 unspecified atom stereocenters. The molecule has 0 atom stereocenters. The van der Waals surface area contributed by atoms with Gasteiger partial charge in [0.25, 0.3) is 15.2 Å². The van der Waals surface area contributed by atoms with Crippen LogP contribution in [0.5, 0.6) is 6.01 Å². The summed E-state index contributed by atoms with van der Waals surface area (Å²) in [4.78, 5) is 18.3. The molecule has 148 valence electrons. The minimum atomic E-state index is -4.38. The molecule has 0 aliphatic heterocycles. The van der Waals surface area contributed by atoms with Gasteiger partial charge in [-0.1, -0.05) is 23.7 Å². The lowest BCUT2D eigenvalue weighted by molar-refractivity contribution is -0.136. The molecule has 2 aromatic heterocycles. The van der Waals surface area contributed by atoms with Gasteiger partial charge in [-0.05, 0) is 18.6 Å². The van der Waals surface area contributed by atoms with E-state index in [1.165, 1.54) is 18.2 Å². The lowest BCUT2D eigenvalue weighted by Crippen LogP contribution is -2.17. The van der Waals surface area contributed by atoms with Crippen LogP contribution in [0, 0.1) is 5.95 Å². The van der Waals surface area contributed by atoms with Gasteiger partial charge < -0.3 is 9.84 Å². The van der Waals surface area contributed by atoms with Crippen molar-refractivity contribution in [1.29, 1.82) is 0 Å². The Bertz CT molecular complexity index is 1170. The van der Waals surface area contributed by atoms with E-state index in [-0.39, 0.29) is 34.5 Å². The number of aliphatic carboxylic acids is 1. The van der Waals surface area contributed by atoms with Gasteiger partial charge in [-0.25, -0.2) is 0 Å². The highest BCUT2D eigenvalue weighted by atomic mass is 35.5. The van der Waals surface area contributed by atoms with E-state index in [0.717, 1.165) is 10.6 Å². The number of aromatic nitrogens is 4. The molecule has 0 spiro atoms. The van der Waals surface area contributed by atoms with E-state index in [0.29, 0.717) is 0 Å². The quantitative estimate of drug-likeness (QED) is 0.542. The number of fused-ring (bicyclic) bond motifs is 1. The summed E-state index contributed by atoms with van der Waals surface area (Å²) in [6.07, 6.45) is -0.458. The Hall–Kier alpha value is -2.99. The number of carboxylic acid groups (broad SMARTS) is 1. The average Bonchev–Trinajstić information content (AvgIpc) is 3.03. The molecule has 2 heterocycles. The third-order valence-corrected chi connectivity index (χ3v) is 4.88. The number of para-hydroxylation sites is 1. The van der Waals surface area contributed by atoms with Crippen LogP contribution in [0.2, 0.25) is 5.02 Å². The second kappa shape index (κ2) is 7.56. The highest BCUT2D eigenvalue weighted by molar-refractivity contribution is 7.92. The zero-order chi connectivity index (χ0) is 20.5. The number of rotatable bonds is 7. The maximum absolute atomic E-state index is 13.6. The molecule has 0 saturated carbocycles. The number of sulfonamides is 1. The standard InChI is InChI=1S/C15H13ClFN5O5S/c1-2-27-15-18-10(17)7-11-19-14(20-22(11)15)28(25,26)21-13-8(6-12(23)24)4-3-5-9(13)16/h3-5,7,21H,2,6H2,1H3,(H,23,24). The molecule has 0 saturated heterocycles. The first-order chi connectivity index (χ1) is 13.2. The second-order valence-electron chi connectivity index (χ2n) is 5.41. The van der Waals surface area contributed by atoms with Gasteiger partial charge in [-0.2, -0.15) is 27.3 Å². The summed E-state index contributed by atoms with van der Waals surface area (Å²) in [6, 6.07) is 4.93. The molecule has 10 nitrogen and oxygen atoms in total. The number of hydrogen-bond acceptors (Lipinski definition) is 7. The van der Waals surface area contributed by atoms with Crippen LogP contribution in [0.1, 0.15) is 12.5 Å². The molecule has 0 aliphatic carbocycles. The monoisotopic (exact) mass is 429 g/mol. The number of benzene rings is 1. The van der Waals surface area contributed by atoms with Crippen LogP contribution in [0.25, 0.3) is 5.65 Å². The van der Waals surface area contributed by atoms with Crippen molar-refractivity contribution in [2.45, 2.75) is 18.5 Å². The molecule has 0 bridgehead atoms. The molecular weight excluding hydrogens is 417 g/mol. The average molecular weight is 430 g/mol. The van der Waals surface area contributed by atoms with Crippen LogP contribution in [0.15, 0.2) is 29.4 Å². The van der Waals surface area contributed by atoms with Crippen molar-refractivity contribution >= 4 is 38.9 Å². The van der Waals surface area contributed by atoms with Gasteiger partial charge in [0.15, 0.2) is 5.65 Å². The summed E-state index contributed by atoms with van der Waals surface area (Å²) >= 11 is 6.03. The lowest BCUT2D eigenvalue weighted by atomic mass is 10.1. The fourth-order valence-corrected chi connectivity index (χ4v) is 3.63. The summed E-state index contributed by atoms with van der Waals surface area (Å²) in [5.74, 6) is -2.09. The minimum absolute atomic E-state index is 0.00574. The Labute approximate surface area is 163 Å². The van der Waals surface area contributed by atoms with Crippen LogP contribution in [0.4, 0.5) is 10.1 Å². The fraction of sp³-hybridized carbons (Fsp3) is 0.200. The summed E-state index contributed by atoms with van der Waals surface area (Å²) in [7, 11) is -4.38. The van der Waals surface area contributed by atoms with Gasteiger partial charge in [0.2, 0.25) is 5.95 Å². The largest absolute Gasteiger partial charge is 0.481 e. The Morgan fingerprint density at radius 2 is 2.14 bits per heavy atom. The van der Waals surface area contributed by atoms with Crippen molar-refractivity contribution in [2.24, 2.45) is 0 Å². The Kier molecular flexibility index (Phi) is 5.34. The van der Waals surface area contributed by atoms with Crippen LogP contribution in [-0.2, 0) is 21.2 Å². The van der Waals surface area contributed by atoms with Crippen molar-refractivity contribution in [2.75, 3.05) is 11.3 Å². The number of nitrogens with zero attached hydrogens (tertiary/aromatic N) is 4. The zero-order valence-corrected chi connectivity index (χ0v) is 15.8. The minimum Gasteiger partial charge on any atom is -0.481 e. The number of carbonyl (C=O) groups is 1. The van der Waals surface area contributed by atoms with Crippen LogP contribution < -0.4 is 9.46 Å². The molecule has 13 heteroatoms. The van der Waals surface area contributed by atoms with Crippen LogP contribution >= 0.6 is 11.6 Å². The number of nitrogens with one attached hydrogen (secondary N) is 1. The number of anilines is 1. The molecular formula is C15H13ClFN5O5S. The van der Waals surface area contributed by atoms with E-state index in [2.05, 4.69) is 19.8 Å². The van der Waals surface area contributed by atoms with Gasteiger partial charge in [-0.15, -0.1) is 5.10 Å². The number of ether oxygens (including phenoxy) is 1. The molecule has 2 N–H and O–H groups in total. The van der Waals surface area contributed by atoms with Crippen molar-refractivity contribution in [3.05, 3.63) is 40.8 Å². The first-order valence-corrected chi connectivity index (χ1v) is 9.65. The summed E-state index contributed by atoms with van der Waals surface area (Å²) in [5.41, 5.74) is -0.101. The van der Waals surface area contributed by atoms with E-state index in [1.54, 1.807) is 6.92 Å². The van der Waals surface area contributed by atoms with E-state index in [1.807, 2.05) is 0 Å². The molecule has 3 rings (SSSR count). The summed E-state index contributed by atoms with van der Waals surface area (Å²) < 4.78 is 47.3. The second-order valence-corrected chi connectivity index (χ2v) is 7.39. The highest BCUT2D eigenvalue weighted by Gasteiger charge is 2.25. The lowest BCUT2D eigenvalue weighted by Gasteiger charge is -2.11. The molecule has 3 aromatic rings. The first-order valence-electron chi connectivity index (χ1n) is 7.79. The van der Waals surface area contributed by atoms with E-state index in [9.17, 15) is 17.6 Å². The van der Waals surface area contributed by atoms with Crippen molar-refractivity contribution in [1.82, 2.24) is 19.6 Å². The zero-order valence-electron chi connectivity index (χ0n) is 14.3. The maximum Gasteiger partial charge on any atom is 0.322 e. The van der Waals surface area contributed by atoms with Gasteiger partial charge in [0, 0.05) is 6.07 Å². The van der Waals surface area contributed by atoms with Gasteiger partial charge in [0.05, 0.1) is 23.7 Å². The van der Waals surface area contributed by atoms with Gasteiger partial charge >= 0.3 is 12.0 Å². The van der Waals surface area contributed by atoms with Crippen molar-refractivity contribution in [3.8, 4) is 6.01 Å². The normalized spacial score (nSPS) is 11.5. The Morgan fingerprint density at radius 1 is 1.39 bits per heavy atom. The predicted octanol–water partition coefficient (Wildman–Crippen LogP) is 1.74. The summed E-state index contributed by atoms with van der Waals surface area (Å²) in [6.45, 7) is 1.78. The predicted molar refractivity (Wildman–Crippen MR) is 95.5 cm³/mol. The summed E-state index contributed by atoms with van der Waals surface area (Å²) in [5, 5.41) is 12.1. The van der Waals surface area contributed by atoms with Crippen LogP contribution in [-0.4, -0.2) is 45.7 Å². The molecule has 28 heavy (non-hydrogen) atoms. The fourth-order valence-electron chi connectivity index (χ4n) is 2.33.